The second kappa shape index (κ2) is 28.6. The number of ether oxygens (including phenoxy) is 1. The Labute approximate surface area is 452 Å². The van der Waals surface area contributed by atoms with Gasteiger partial charge in [0.2, 0.25) is 11.5 Å². The van der Waals surface area contributed by atoms with Gasteiger partial charge in [0.15, 0.2) is 45.8 Å². The number of methoxy groups -OCH3 is 1. The van der Waals surface area contributed by atoms with Gasteiger partial charge in [-0.25, -0.2) is 8.78 Å². The van der Waals surface area contributed by atoms with Gasteiger partial charge in [0, 0.05) is 67.2 Å². The van der Waals surface area contributed by atoms with Crippen LogP contribution in [0.2, 0.25) is 5.02 Å². The van der Waals surface area contributed by atoms with Crippen molar-refractivity contribution in [2.24, 2.45) is 0 Å². The number of aromatic hydroxyl groups is 1. The fraction of sp³-hybridized carbons (Fsp3) is 0.107. The molecule has 23 heteroatoms. The van der Waals surface area contributed by atoms with E-state index < -0.39 is 5.91 Å². The molecule has 0 saturated carbocycles. The van der Waals surface area contributed by atoms with Gasteiger partial charge in [-0.3, -0.25) is 19.2 Å². The van der Waals surface area contributed by atoms with E-state index in [-0.39, 0.29) is 63.6 Å². The highest BCUT2D eigenvalue weighted by atomic mass is 35.5. The minimum Gasteiger partial charge on any atom is -0.506 e. The van der Waals surface area contributed by atoms with Gasteiger partial charge in [-0.05, 0) is 103 Å². The maximum Gasteiger partial charge on any atom is 0.277 e. The van der Waals surface area contributed by atoms with Gasteiger partial charge in [0.25, 0.3) is 23.6 Å². The zero-order chi connectivity index (χ0) is 55.9. The lowest BCUT2D eigenvalue weighted by Crippen LogP contribution is -2.27. The van der Waals surface area contributed by atoms with E-state index in [2.05, 4.69) is 48.5 Å². The topological polar surface area (TPSA) is 276 Å². The van der Waals surface area contributed by atoms with Crippen LogP contribution in [0, 0.1) is 11.6 Å². The average Bonchev–Trinajstić information content (AvgIpc) is 4.40. The molecule has 6 aromatic heterocycles. The number of benzene rings is 4. The second-order valence-electron chi connectivity index (χ2n) is 16.1. The van der Waals surface area contributed by atoms with Crippen molar-refractivity contribution in [2.75, 3.05) is 38.7 Å². The number of phenols is 1. The van der Waals surface area contributed by atoms with Crippen LogP contribution >= 0.6 is 11.6 Å². The maximum atomic E-state index is 12.9. The third-order valence-electron chi connectivity index (χ3n) is 10.5. The standard InChI is InChI=1S/C16H10ClFN2O3.C16H14N2O3.C13H13FN2O3.C11H10N2O3/c17-10-3-6-14(21)12(7-10)19-16(22)13-8-15(23-20-13)9-1-4-11(18)5-2-9;19-16(17-9-8-12-5-2-1-3-6-12)13-11-15(21-18-13)14-7-4-10-20-14;1-18-7-6-15-13(17)11-8-12(19-16-11)9-2-4-10(14)5-3-9;1-2-5-12-11(14)8-7-10(16-13-8)9-4-3-6-15-9/h1-8,21H,(H,19,22);1-7,10-11H,8-9H2,(H,17,19);2-5,8H,6-7H2,1H3,(H,15,17);2-4,6-7H,1,5H2,(H,12,14). The van der Waals surface area contributed by atoms with Crippen LogP contribution in [-0.2, 0) is 11.2 Å². The molecule has 0 aliphatic carbocycles. The molecule has 6 heterocycles. The molecule has 0 unspecified atom stereocenters. The van der Waals surface area contributed by atoms with E-state index in [0.717, 1.165) is 6.42 Å². The summed E-state index contributed by atoms with van der Waals surface area (Å²) < 4.78 is 61.0. The molecule has 0 fully saturated rings. The Hall–Kier alpha value is -10.2. The Morgan fingerprint density at radius 1 is 0.570 bits per heavy atom. The number of furan rings is 2. The van der Waals surface area contributed by atoms with Crippen LogP contribution < -0.4 is 21.3 Å². The smallest absolute Gasteiger partial charge is 0.277 e. The van der Waals surface area contributed by atoms with Crippen molar-refractivity contribution in [3.05, 3.63) is 216 Å². The van der Waals surface area contributed by atoms with Crippen molar-refractivity contribution in [1.82, 2.24) is 36.6 Å². The number of hydrogen-bond donors (Lipinski definition) is 5. The summed E-state index contributed by atoms with van der Waals surface area (Å²) in [6.45, 7) is 5.26. The van der Waals surface area contributed by atoms with Crippen molar-refractivity contribution in [2.45, 2.75) is 6.42 Å². The summed E-state index contributed by atoms with van der Waals surface area (Å²) in [5.74, 6) is 0.390. The van der Waals surface area contributed by atoms with E-state index in [1.54, 1.807) is 55.7 Å². The normalized spacial score (nSPS) is 10.4. The highest BCUT2D eigenvalue weighted by molar-refractivity contribution is 6.31. The lowest BCUT2D eigenvalue weighted by atomic mass is 10.1. The van der Waals surface area contributed by atoms with E-state index in [9.17, 15) is 33.1 Å². The summed E-state index contributed by atoms with van der Waals surface area (Å²) >= 11 is 5.82. The van der Waals surface area contributed by atoms with E-state index in [4.69, 9.17) is 43.3 Å². The number of amides is 4. The summed E-state index contributed by atoms with van der Waals surface area (Å²) in [5.41, 5.74) is 3.23. The number of rotatable bonds is 17. The van der Waals surface area contributed by atoms with Crippen LogP contribution in [0.25, 0.3) is 45.7 Å². The Bertz CT molecular complexity index is 3520. The van der Waals surface area contributed by atoms with Gasteiger partial charge in [0.1, 0.15) is 17.4 Å². The minimum atomic E-state index is -0.570. The van der Waals surface area contributed by atoms with Crippen LogP contribution in [0.4, 0.5) is 14.5 Å². The Morgan fingerprint density at radius 3 is 1.52 bits per heavy atom. The van der Waals surface area contributed by atoms with Gasteiger partial charge in [0.05, 0.1) is 24.8 Å². The van der Waals surface area contributed by atoms with Crippen LogP contribution in [-0.4, -0.2) is 82.7 Å². The number of nitrogens with zero attached hydrogens (tertiary/aromatic N) is 4. The number of anilines is 1. The molecule has 20 nitrogen and oxygen atoms in total. The summed E-state index contributed by atoms with van der Waals surface area (Å²) in [5, 5.41) is 35.3. The fourth-order valence-electron chi connectivity index (χ4n) is 6.56. The van der Waals surface area contributed by atoms with Gasteiger partial charge < -0.3 is 58.0 Å². The lowest BCUT2D eigenvalue weighted by Gasteiger charge is -2.05. The van der Waals surface area contributed by atoms with E-state index in [0.29, 0.717) is 77.0 Å². The quantitative estimate of drug-likeness (QED) is 0.0322. The predicted molar refractivity (Wildman–Crippen MR) is 282 cm³/mol. The van der Waals surface area contributed by atoms with Crippen molar-refractivity contribution in [3.8, 4) is 51.4 Å². The highest BCUT2D eigenvalue weighted by Crippen LogP contribution is 2.28. The molecule has 0 bridgehead atoms. The molecule has 10 aromatic rings. The number of halogens is 3. The summed E-state index contributed by atoms with van der Waals surface area (Å²) in [7, 11) is 1.55. The second-order valence-corrected chi connectivity index (χ2v) is 16.6. The predicted octanol–water partition coefficient (Wildman–Crippen LogP) is 10.7. The van der Waals surface area contributed by atoms with Gasteiger partial charge in [-0.2, -0.15) is 0 Å². The van der Waals surface area contributed by atoms with Crippen LogP contribution in [0.1, 0.15) is 47.5 Å². The number of aromatic nitrogens is 4. The Kier molecular flexibility index (Phi) is 20.5. The molecular weight excluding hydrogens is 1050 g/mol. The lowest BCUT2D eigenvalue weighted by molar-refractivity contribution is 0.0924. The molecule has 10 rings (SSSR count). The van der Waals surface area contributed by atoms with E-state index in [1.165, 1.54) is 90.9 Å². The highest BCUT2D eigenvalue weighted by Gasteiger charge is 2.18. The van der Waals surface area contributed by atoms with Gasteiger partial charge in [-0.1, -0.05) is 68.6 Å². The van der Waals surface area contributed by atoms with Crippen molar-refractivity contribution in [3.63, 3.8) is 0 Å². The van der Waals surface area contributed by atoms with Crippen molar-refractivity contribution in [1.29, 1.82) is 0 Å². The Morgan fingerprint density at radius 2 is 1.04 bits per heavy atom. The molecule has 4 aromatic carbocycles. The number of carbonyl (C=O) groups excluding carboxylic acids is 4. The molecule has 0 atom stereocenters. The molecule has 404 valence electrons. The zero-order valence-corrected chi connectivity index (χ0v) is 42.4. The molecule has 79 heavy (non-hydrogen) atoms. The molecule has 0 spiro atoms. The zero-order valence-electron chi connectivity index (χ0n) is 41.7. The van der Waals surface area contributed by atoms with Gasteiger partial charge >= 0.3 is 0 Å². The molecule has 0 radical (unpaired) electrons. The number of hydrogen-bond acceptors (Lipinski definition) is 16. The number of nitrogens with one attached hydrogen (secondary N) is 4. The summed E-state index contributed by atoms with van der Waals surface area (Å²) in [4.78, 5) is 47.2. The van der Waals surface area contributed by atoms with E-state index in [1.807, 2.05) is 30.3 Å². The Balaban J connectivity index is 0.000000154. The monoisotopic (exact) mass is 1100 g/mol. The first-order valence-corrected chi connectivity index (χ1v) is 24.0. The third-order valence-corrected chi connectivity index (χ3v) is 10.7. The van der Waals surface area contributed by atoms with Crippen LogP contribution in [0.15, 0.2) is 198 Å². The first-order chi connectivity index (χ1) is 38.4. The summed E-state index contributed by atoms with van der Waals surface area (Å²) in [6.07, 6.45) is 5.42. The molecule has 0 saturated heterocycles. The molecule has 0 aliphatic rings. The first-order valence-electron chi connectivity index (χ1n) is 23.6. The SMILES string of the molecule is C=CCNC(=O)c1cc(-c2ccco2)on1.COCCNC(=O)c1cc(-c2ccc(F)cc2)on1.O=C(NCCc1ccccc1)c1cc(-c2ccco2)on1.O=C(Nc1cc(Cl)ccc1O)c1cc(-c2ccc(F)cc2)on1. The van der Waals surface area contributed by atoms with E-state index >= 15 is 0 Å². The van der Waals surface area contributed by atoms with Crippen LogP contribution in [0.3, 0.4) is 0 Å². The van der Waals surface area contributed by atoms with Crippen molar-refractivity contribution < 1.29 is 64.7 Å². The fourth-order valence-corrected chi connectivity index (χ4v) is 6.73. The summed E-state index contributed by atoms with van der Waals surface area (Å²) in [6, 6.07) is 38.6. The maximum absolute atomic E-state index is 12.9. The van der Waals surface area contributed by atoms with Gasteiger partial charge in [-0.15, -0.1) is 6.58 Å². The largest absolute Gasteiger partial charge is 0.506 e. The molecule has 5 N–H and O–H groups in total. The third kappa shape index (κ3) is 16.9. The minimum absolute atomic E-state index is 0.0173. The first kappa shape index (κ1) is 56.5. The molecular formula is C56H47ClF2N8O12. The molecule has 4 amide bonds. The average molecular weight is 1100 g/mol. The number of phenolic OH excluding ortho intramolecular Hbond substituents is 1. The molecule has 0 aliphatic heterocycles. The van der Waals surface area contributed by atoms with Crippen molar-refractivity contribution >= 4 is 40.9 Å². The van der Waals surface area contributed by atoms with Crippen LogP contribution in [0.5, 0.6) is 5.75 Å². The number of carbonyl (C=O) groups is 4.